The van der Waals surface area contributed by atoms with Gasteiger partial charge in [0.1, 0.15) is 13.2 Å². The molecule has 2 aromatic rings. The van der Waals surface area contributed by atoms with E-state index < -0.39 is 0 Å². The van der Waals surface area contributed by atoms with E-state index in [0.717, 1.165) is 16.8 Å². The van der Waals surface area contributed by atoms with Gasteiger partial charge in [0.25, 0.3) is 0 Å². The maximum Gasteiger partial charge on any atom is 0.317 e. The third kappa shape index (κ3) is 5.90. The standard InChI is InChI=1S/C21H27N3O4/c1-15-8-7-9-16(2)20(15)23-19(25)14-24(3)21(26)22-12-13-28-18-11-6-5-10-17(18)27-4/h5-11H,12-14H2,1-4H3,(H,22,26)(H,23,25). The summed E-state index contributed by atoms with van der Waals surface area (Å²) in [6, 6.07) is 12.8. The largest absolute Gasteiger partial charge is 0.493 e. The summed E-state index contributed by atoms with van der Waals surface area (Å²) in [4.78, 5) is 25.7. The predicted octanol–water partition coefficient (Wildman–Crippen LogP) is 2.97. The van der Waals surface area contributed by atoms with E-state index in [1.807, 2.05) is 44.2 Å². The number of para-hydroxylation sites is 3. The van der Waals surface area contributed by atoms with Crippen molar-refractivity contribution in [2.24, 2.45) is 0 Å². The molecule has 0 heterocycles. The number of benzene rings is 2. The van der Waals surface area contributed by atoms with Crippen LogP contribution in [-0.4, -0.2) is 50.7 Å². The van der Waals surface area contributed by atoms with Gasteiger partial charge in [-0.1, -0.05) is 30.3 Å². The third-order valence-electron chi connectivity index (χ3n) is 4.18. The van der Waals surface area contributed by atoms with Gasteiger partial charge >= 0.3 is 6.03 Å². The molecule has 2 rings (SSSR count). The quantitative estimate of drug-likeness (QED) is 0.685. The Labute approximate surface area is 165 Å². The molecule has 0 spiro atoms. The molecule has 0 bridgehead atoms. The van der Waals surface area contributed by atoms with Gasteiger partial charge in [-0.05, 0) is 37.1 Å². The first-order valence-corrected chi connectivity index (χ1v) is 9.03. The van der Waals surface area contributed by atoms with E-state index in [1.54, 1.807) is 26.3 Å². The normalized spacial score (nSPS) is 10.1. The van der Waals surface area contributed by atoms with E-state index in [9.17, 15) is 9.59 Å². The van der Waals surface area contributed by atoms with E-state index in [0.29, 0.717) is 18.0 Å². The minimum absolute atomic E-state index is 0.0486. The highest BCUT2D eigenvalue weighted by Gasteiger charge is 2.14. The molecule has 0 unspecified atom stereocenters. The van der Waals surface area contributed by atoms with Gasteiger partial charge in [0.15, 0.2) is 11.5 Å². The van der Waals surface area contributed by atoms with Crippen LogP contribution in [0.25, 0.3) is 0 Å². The summed E-state index contributed by atoms with van der Waals surface area (Å²) in [5, 5.41) is 5.59. The zero-order valence-corrected chi connectivity index (χ0v) is 16.7. The smallest absolute Gasteiger partial charge is 0.317 e. The van der Waals surface area contributed by atoms with Gasteiger partial charge in [-0.25, -0.2) is 4.79 Å². The van der Waals surface area contributed by atoms with Gasteiger partial charge in [0, 0.05) is 12.7 Å². The molecule has 0 aliphatic carbocycles. The second kappa shape index (κ2) is 10.2. The third-order valence-corrected chi connectivity index (χ3v) is 4.18. The summed E-state index contributed by atoms with van der Waals surface area (Å²) in [6.07, 6.45) is 0. The molecule has 7 heteroatoms. The molecule has 0 saturated carbocycles. The molecule has 0 aliphatic rings. The SMILES string of the molecule is COc1ccccc1OCCNC(=O)N(C)CC(=O)Nc1c(C)cccc1C. The monoisotopic (exact) mass is 385 g/mol. The fourth-order valence-corrected chi connectivity index (χ4v) is 2.67. The van der Waals surface area contributed by atoms with E-state index in [4.69, 9.17) is 9.47 Å². The van der Waals surface area contributed by atoms with E-state index >= 15 is 0 Å². The van der Waals surface area contributed by atoms with Crippen molar-refractivity contribution in [3.63, 3.8) is 0 Å². The van der Waals surface area contributed by atoms with Crippen molar-refractivity contribution < 1.29 is 19.1 Å². The van der Waals surface area contributed by atoms with E-state index in [2.05, 4.69) is 10.6 Å². The van der Waals surface area contributed by atoms with E-state index in [1.165, 1.54) is 4.90 Å². The van der Waals surface area contributed by atoms with Crippen molar-refractivity contribution in [1.29, 1.82) is 0 Å². The highest BCUT2D eigenvalue weighted by molar-refractivity contribution is 5.95. The van der Waals surface area contributed by atoms with Crippen molar-refractivity contribution in [3.8, 4) is 11.5 Å². The van der Waals surface area contributed by atoms with Crippen molar-refractivity contribution in [1.82, 2.24) is 10.2 Å². The summed E-state index contributed by atoms with van der Waals surface area (Å²) in [5.41, 5.74) is 2.74. The Morgan fingerprint density at radius 3 is 2.29 bits per heavy atom. The molecule has 0 aliphatic heterocycles. The van der Waals surface area contributed by atoms with Crippen LogP contribution in [0.3, 0.4) is 0 Å². The topological polar surface area (TPSA) is 79.9 Å². The first kappa shape index (κ1) is 21.1. The predicted molar refractivity (Wildman–Crippen MR) is 109 cm³/mol. The number of rotatable bonds is 8. The van der Waals surface area contributed by atoms with Crippen LogP contribution in [0, 0.1) is 13.8 Å². The fourth-order valence-electron chi connectivity index (χ4n) is 2.67. The molecule has 0 atom stereocenters. The number of ether oxygens (including phenoxy) is 2. The Balaban J connectivity index is 1.75. The molecule has 2 N–H and O–H groups in total. The summed E-state index contributed by atoms with van der Waals surface area (Å²) in [7, 11) is 3.14. The van der Waals surface area contributed by atoms with Crippen LogP contribution >= 0.6 is 0 Å². The molecular formula is C21H27N3O4. The van der Waals surface area contributed by atoms with Crippen molar-refractivity contribution in [2.45, 2.75) is 13.8 Å². The van der Waals surface area contributed by atoms with Gasteiger partial charge in [0.2, 0.25) is 5.91 Å². The number of amides is 3. The molecule has 7 nitrogen and oxygen atoms in total. The zero-order chi connectivity index (χ0) is 20.5. The lowest BCUT2D eigenvalue weighted by Crippen LogP contribution is -2.42. The number of hydrogen-bond acceptors (Lipinski definition) is 4. The summed E-state index contributed by atoms with van der Waals surface area (Å²) in [5.74, 6) is 0.995. The number of likely N-dealkylation sites (N-methyl/N-ethyl adjacent to an activating group) is 1. The number of nitrogens with zero attached hydrogens (tertiary/aromatic N) is 1. The Morgan fingerprint density at radius 1 is 1.00 bits per heavy atom. The molecule has 28 heavy (non-hydrogen) atoms. The molecule has 0 radical (unpaired) electrons. The number of methoxy groups -OCH3 is 1. The van der Waals surface area contributed by atoms with Gasteiger partial charge < -0.3 is 25.0 Å². The number of urea groups is 1. The van der Waals surface area contributed by atoms with Gasteiger partial charge in [-0.2, -0.15) is 0 Å². The van der Waals surface area contributed by atoms with Crippen LogP contribution < -0.4 is 20.1 Å². The van der Waals surface area contributed by atoms with Crippen LogP contribution in [-0.2, 0) is 4.79 Å². The molecule has 0 aromatic heterocycles. The summed E-state index contributed by atoms with van der Waals surface area (Å²) >= 11 is 0. The number of anilines is 1. The zero-order valence-electron chi connectivity index (χ0n) is 16.7. The highest BCUT2D eigenvalue weighted by Crippen LogP contribution is 2.25. The lowest BCUT2D eigenvalue weighted by molar-refractivity contribution is -0.116. The summed E-state index contributed by atoms with van der Waals surface area (Å²) in [6.45, 7) is 4.41. The minimum atomic E-state index is -0.347. The van der Waals surface area contributed by atoms with Crippen LogP contribution in [0.1, 0.15) is 11.1 Å². The Morgan fingerprint density at radius 2 is 1.64 bits per heavy atom. The van der Waals surface area contributed by atoms with Crippen molar-refractivity contribution >= 4 is 17.6 Å². The average molecular weight is 385 g/mol. The second-order valence-electron chi connectivity index (χ2n) is 6.40. The minimum Gasteiger partial charge on any atom is -0.493 e. The Hall–Kier alpha value is -3.22. The number of nitrogens with one attached hydrogen (secondary N) is 2. The van der Waals surface area contributed by atoms with Crippen LogP contribution in [0.15, 0.2) is 42.5 Å². The highest BCUT2D eigenvalue weighted by atomic mass is 16.5. The number of carbonyl (C=O) groups is 2. The first-order chi connectivity index (χ1) is 13.4. The van der Waals surface area contributed by atoms with Crippen LogP contribution in [0.5, 0.6) is 11.5 Å². The summed E-state index contributed by atoms with van der Waals surface area (Å²) < 4.78 is 10.8. The van der Waals surface area contributed by atoms with Crippen molar-refractivity contribution in [2.75, 3.05) is 39.2 Å². The van der Waals surface area contributed by atoms with Gasteiger partial charge in [-0.15, -0.1) is 0 Å². The van der Waals surface area contributed by atoms with Gasteiger partial charge in [-0.3, -0.25) is 4.79 Å². The lowest BCUT2D eigenvalue weighted by Gasteiger charge is -2.19. The van der Waals surface area contributed by atoms with Crippen molar-refractivity contribution in [3.05, 3.63) is 53.6 Å². The number of hydrogen-bond donors (Lipinski definition) is 2. The number of carbonyl (C=O) groups excluding carboxylic acids is 2. The fraction of sp³-hybridized carbons (Fsp3) is 0.333. The van der Waals surface area contributed by atoms with E-state index in [-0.39, 0.29) is 25.1 Å². The van der Waals surface area contributed by atoms with Crippen LogP contribution in [0.4, 0.5) is 10.5 Å². The lowest BCUT2D eigenvalue weighted by atomic mass is 10.1. The maximum absolute atomic E-state index is 12.2. The maximum atomic E-state index is 12.2. The molecule has 0 fully saturated rings. The molecule has 0 saturated heterocycles. The second-order valence-corrected chi connectivity index (χ2v) is 6.40. The van der Waals surface area contributed by atoms with Crippen LogP contribution in [0.2, 0.25) is 0 Å². The molecule has 150 valence electrons. The molecule has 2 aromatic carbocycles. The average Bonchev–Trinajstić information content (AvgIpc) is 2.68. The Bertz CT molecular complexity index is 803. The first-order valence-electron chi connectivity index (χ1n) is 9.03. The molecule has 3 amide bonds. The van der Waals surface area contributed by atoms with Gasteiger partial charge in [0.05, 0.1) is 13.7 Å². The Kier molecular flexibility index (Phi) is 7.68. The number of aryl methyl sites for hydroxylation is 2. The molecular weight excluding hydrogens is 358 g/mol.